The van der Waals surface area contributed by atoms with Gasteiger partial charge in [-0.1, -0.05) is 62.3 Å². The van der Waals surface area contributed by atoms with E-state index < -0.39 is 5.91 Å². The van der Waals surface area contributed by atoms with Crippen LogP contribution in [0.2, 0.25) is 0 Å². The normalized spacial score (nSPS) is 18.5. The van der Waals surface area contributed by atoms with Gasteiger partial charge in [-0.2, -0.15) is 4.98 Å². The van der Waals surface area contributed by atoms with E-state index >= 15 is 0 Å². The number of aryl methyl sites for hydroxylation is 1. The molecule has 3 aliphatic rings. The van der Waals surface area contributed by atoms with Crippen LogP contribution in [0.3, 0.4) is 0 Å². The van der Waals surface area contributed by atoms with Crippen molar-refractivity contribution in [3.05, 3.63) is 108 Å². The lowest BCUT2D eigenvalue weighted by atomic mass is 9.90. The van der Waals surface area contributed by atoms with Gasteiger partial charge >= 0.3 is 11.8 Å². The van der Waals surface area contributed by atoms with Gasteiger partial charge in [-0.05, 0) is 97.7 Å². The monoisotopic (exact) mass is 848 g/mol. The average molecular weight is 849 g/mol. The first-order valence-corrected chi connectivity index (χ1v) is 22.2. The van der Waals surface area contributed by atoms with Crippen molar-refractivity contribution in [2.75, 3.05) is 55.6 Å². The summed E-state index contributed by atoms with van der Waals surface area (Å²) in [6, 6.07) is 25.2. The van der Waals surface area contributed by atoms with Crippen LogP contribution in [0.4, 0.5) is 11.4 Å². The molecule has 3 aliphatic heterocycles. The lowest BCUT2D eigenvalue weighted by molar-refractivity contribution is -0.134. The number of piperidine rings is 2. The van der Waals surface area contributed by atoms with Gasteiger partial charge in [-0.15, -0.1) is 0 Å². The minimum Gasteiger partial charge on any atom is -0.372 e. The Morgan fingerprint density at radius 3 is 2.21 bits per heavy atom. The van der Waals surface area contributed by atoms with E-state index in [1.165, 1.54) is 24.2 Å². The number of H-pyrrole nitrogens is 1. The van der Waals surface area contributed by atoms with Crippen molar-refractivity contribution in [1.29, 1.82) is 0 Å². The Labute approximate surface area is 367 Å². The molecule has 0 aliphatic carbocycles. The van der Waals surface area contributed by atoms with Crippen LogP contribution in [0.1, 0.15) is 98.5 Å². The third-order valence-corrected chi connectivity index (χ3v) is 13.0. The summed E-state index contributed by atoms with van der Waals surface area (Å²) in [5.41, 5.74) is 9.77. The van der Waals surface area contributed by atoms with Crippen molar-refractivity contribution in [3.63, 3.8) is 0 Å². The lowest BCUT2D eigenvalue weighted by Gasteiger charge is -2.40. The number of hydrogen-bond acceptors (Lipinski definition) is 11. The number of imide groups is 1. The van der Waals surface area contributed by atoms with Gasteiger partial charge in [-0.25, -0.2) is 9.97 Å². The molecule has 14 nitrogen and oxygen atoms in total. The minimum absolute atomic E-state index is 0.0447. The Bertz CT molecular complexity index is 2610. The number of amides is 3. The predicted octanol–water partition coefficient (Wildman–Crippen LogP) is 7.33. The summed E-state index contributed by atoms with van der Waals surface area (Å²) in [7, 11) is 0. The highest BCUT2D eigenvalue weighted by molar-refractivity contribution is 6.01. The third-order valence-electron chi connectivity index (χ3n) is 13.0. The molecule has 0 bridgehead atoms. The molecule has 6 heterocycles. The number of anilines is 2. The van der Waals surface area contributed by atoms with E-state index in [1.54, 1.807) is 6.33 Å². The van der Waals surface area contributed by atoms with E-state index in [0.29, 0.717) is 24.6 Å². The molecule has 0 spiro atoms. The Kier molecular flexibility index (Phi) is 11.6. The minimum atomic E-state index is -0.405. The largest absolute Gasteiger partial charge is 0.372 e. The second-order valence-corrected chi connectivity index (χ2v) is 18.5. The zero-order chi connectivity index (χ0) is 43.8. The molecule has 2 atom stereocenters. The highest BCUT2D eigenvalue weighted by Gasteiger charge is 2.29. The van der Waals surface area contributed by atoms with E-state index in [1.807, 2.05) is 46.8 Å². The van der Waals surface area contributed by atoms with E-state index in [9.17, 15) is 14.4 Å². The van der Waals surface area contributed by atoms with Crippen LogP contribution in [0.25, 0.3) is 33.5 Å². The van der Waals surface area contributed by atoms with Crippen molar-refractivity contribution in [1.82, 2.24) is 40.6 Å². The Morgan fingerprint density at radius 2 is 1.54 bits per heavy atom. The third kappa shape index (κ3) is 9.08. The smallest absolute Gasteiger partial charge is 0.315 e. The molecule has 9 rings (SSSR count). The summed E-state index contributed by atoms with van der Waals surface area (Å²) in [6.45, 7) is 17.2. The fourth-order valence-electron chi connectivity index (χ4n) is 9.30. The van der Waals surface area contributed by atoms with Crippen LogP contribution >= 0.6 is 0 Å². The molecule has 0 unspecified atom stereocenters. The fraction of sp³-hybridized carbons (Fsp3) is 0.408. The number of piperazine rings is 1. The Balaban J connectivity index is 0.768. The van der Waals surface area contributed by atoms with Crippen LogP contribution in [0.15, 0.2) is 83.6 Å². The second kappa shape index (κ2) is 17.4. The summed E-state index contributed by atoms with van der Waals surface area (Å²) >= 11 is 0. The van der Waals surface area contributed by atoms with E-state index in [4.69, 9.17) is 9.51 Å². The van der Waals surface area contributed by atoms with Gasteiger partial charge < -0.3 is 24.6 Å². The van der Waals surface area contributed by atoms with Crippen molar-refractivity contribution in [2.45, 2.75) is 77.7 Å². The van der Waals surface area contributed by atoms with Crippen molar-refractivity contribution < 1.29 is 18.9 Å². The van der Waals surface area contributed by atoms with Gasteiger partial charge in [0.2, 0.25) is 11.8 Å². The second-order valence-electron chi connectivity index (χ2n) is 18.5. The maximum atomic E-state index is 12.9. The SMILES string of the molecule is Cc1cc(-c2ncnc3[nH]c(-c4ccc(N5CCN(CC6CCN(c7ccc([C@H]8CCC(=O)NC8=O)cc7)CC6)CC5)cc4)cc23)ccc1[C@@H](C)NC(=O)c1nc(C(C)(C)C)no1. The maximum absolute atomic E-state index is 12.9. The first-order valence-electron chi connectivity index (χ1n) is 22.2. The zero-order valence-corrected chi connectivity index (χ0v) is 36.8. The van der Waals surface area contributed by atoms with E-state index in [0.717, 1.165) is 96.1 Å². The molecule has 3 amide bonds. The molecule has 0 saturated carbocycles. The number of carbonyl (C=O) groups is 3. The van der Waals surface area contributed by atoms with Crippen LogP contribution in [0.5, 0.6) is 0 Å². The molecule has 63 heavy (non-hydrogen) atoms. The molecule has 3 aromatic carbocycles. The van der Waals surface area contributed by atoms with Gasteiger partial charge in [0.25, 0.3) is 0 Å². The summed E-state index contributed by atoms with van der Waals surface area (Å²) in [6.07, 6.45) is 4.92. The van der Waals surface area contributed by atoms with Crippen LogP contribution < -0.4 is 20.4 Å². The molecule has 3 fully saturated rings. The van der Waals surface area contributed by atoms with Gasteiger partial charge in [0, 0.05) is 85.7 Å². The van der Waals surface area contributed by atoms with Crippen molar-refractivity contribution in [3.8, 4) is 22.5 Å². The summed E-state index contributed by atoms with van der Waals surface area (Å²) < 4.78 is 5.25. The number of fused-ring (bicyclic) bond motifs is 1. The number of rotatable bonds is 10. The quantitative estimate of drug-likeness (QED) is 0.118. The van der Waals surface area contributed by atoms with Crippen LogP contribution in [-0.2, 0) is 15.0 Å². The number of nitrogens with zero attached hydrogens (tertiary/aromatic N) is 7. The Hall–Kier alpha value is -6.41. The summed E-state index contributed by atoms with van der Waals surface area (Å²) in [5, 5.41) is 10.4. The van der Waals surface area contributed by atoms with E-state index in [-0.39, 0.29) is 35.1 Å². The van der Waals surface area contributed by atoms with Crippen molar-refractivity contribution >= 4 is 40.1 Å². The number of benzene rings is 3. The van der Waals surface area contributed by atoms with Crippen molar-refractivity contribution in [2.24, 2.45) is 5.92 Å². The van der Waals surface area contributed by atoms with Crippen LogP contribution in [0, 0.1) is 12.8 Å². The maximum Gasteiger partial charge on any atom is 0.315 e. The molecular weight excluding hydrogens is 793 g/mol. The highest BCUT2D eigenvalue weighted by atomic mass is 16.5. The Morgan fingerprint density at radius 1 is 0.857 bits per heavy atom. The van der Waals surface area contributed by atoms with Crippen LogP contribution in [-0.4, -0.2) is 93.5 Å². The van der Waals surface area contributed by atoms with Gasteiger partial charge in [0.1, 0.15) is 12.0 Å². The fourth-order valence-corrected chi connectivity index (χ4v) is 9.30. The first kappa shape index (κ1) is 41.9. The molecular formula is C49H56N10O4. The first-order chi connectivity index (χ1) is 30.4. The molecule has 3 N–H and O–H groups in total. The van der Waals surface area contributed by atoms with Gasteiger partial charge in [0.05, 0.1) is 17.7 Å². The summed E-state index contributed by atoms with van der Waals surface area (Å²) in [5.74, 6) is 0.128. The van der Waals surface area contributed by atoms with E-state index in [2.05, 4.69) is 106 Å². The topological polar surface area (TPSA) is 165 Å². The number of carbonyl (C=O) groups excluding carboxylic acids is 3. The molecule has 326 valence electrons. The summed E-state index contributed by atoms with van der Waals surface area (Å²) in [4.78, 5) is 61.5. The lowest BCUT2D eigenvalue weighted by Crippen LogP contribution is -2.49. The van der Waals surface area contributed by atoms with Gasteiger partial charge in [0.15, 0.2) is 5.82 Å². The highest BCUT2D eigenvalue weighted by Crippen LogP contribution is 2.34. The molecule has 3 saturated heterocycles. The predicted molar refractivity (Wildman–Crippen MR) is 244 cm³/mol. The zero-order valence-electron chi connectivity index (χ0n) is 36.8. The molecule has 0 radical (unpaired) electrons. The number of hydrogen-bond donors (Lipinski definition) is 3. The van der Waals surface area contributed by atoms with Gasteiger partial charge in [-0.3, -0.25) is 24.6 Å². The molecule has 6 aromatic rings. The average Bonchev–Trinajstić information content (AvgIpc) is 3.97. The standard InChI is InChI=1S/C49H56N10O4/c1-30-26-35(10-15-38(30)31(2)52-46(62)47-55-48(56-63-47)49(3,4)5)43-40-27-41(53-44(40)51-29-50-43)34-8-13-37(14-9-34)59-24-22-57(23-25-59)28-32-18-20-58(21-19-32)36-11-6-33(7-12-36)39-16-17-42(60)54-45(39)61/h6-15,26-27,29,31-32,39H,16-25,28H2,1-5H3,(H,52,62)(H,50,51,53)(H,54,60,61)/t31-,39-/m1/s1. The number of nitrogens with one attached hydrogen (secondary N) is 3. The number of aromatic nitrogens is 5. The molecule has 14 heteroatoms. The number of aromatic amines is 1. The molecule has 3 aromatic heterocycles.